The van der Waals surface area contributed by atoms with Crippen LogP contribution in [-0.2, 0) is 20.6 Å². The average Bonchev–Trinajstić information content (AvgIpc) is 2.68. The van der Waals surface area contributed by atoms with Gasteiger partial charge < -0.3 is 14.2 Å². The van der Waals surface area contributed by atoms with Crippen LogP contribution >= 0.6 is 0 Å². The van der Waals surface area contributed by atoms with E-state index in [1.807, 2.05) is 53.7 Å². The molecule has 0 spiro atoms. The second-order valence-corrected chi connectivity index (χ2v) is 9.88. The Kier molecular flexibility index (Phi) is 14.3. The zero-order valence-electron chi connectivity index (χ0n) is 21.8. The van der Waals surface area contributed by atoms with Crippen LogP contribution in [0.5, 0.6) is 0 Å². The maximum Gasteiger partial charge on any atom is 0.286 e. The van der Waals surface area contributed by atoms with Gasteiger partial charge in [-0.1, -0.05) is 57.6 Å². The molecule has 4 heteroatoms. The topological polar surface area (TPSA) is 27.7 Å². The molecule has 0 N–H and O–H groups in total. The van der Waals surface area contributed by atoms with Crippen LogP contribution in [0.2, 0.25) is 0 Å². The molecule has 0 aliphatic rings. The fourth-order valence-corrected chi connectivity index (χ4v) is 4.23. The highest BCUT2D eigenvalue weighted by Crippen LogP contribution is 2.37. The second kappa shape index (κ2) is 15.8. The van der Waals surface area contributed by atoms with Crippen molar-refractivity contribution in [1.82, 2.24) is 0 Å². The Balaban J connectivity index is 2.96. The molecule has 32 heavy (non-hydrogen) atoms. The highest BCUT2D eigenvalue weighted by molar-refractivity contribution is 5.16. The van der Waals surface area contributed by atoms with Crippen molar-refractivity contribution in [2.45, 2.75) is 137 Å². The molecule has 0 fully saturated rings. The summed E-state index contributed by atoms with van der Waals surface area (Å²) in [4.78, 5) is 0. The minimum atomic E-state index is -1.04. The molecule has 1 atom stereocenters. The van der Waals surface area contributed by atoms with Crippen molar-refractivity contribution in [3.8, 4) is 0 Å². The van der Waals surface area contributed by atoms with Gasteiger partial charge in [0.25, 0.3) is 5.97 Å². The number of benzene rings is 1. The van der Waals surface area contributed by atoms with Gasteiger partial charge in [0.15, 0.2) is 0 Å². The van der Waals surface area contributed by atoms with Crippen LogP contribution in [0.1, 0.15) is 112 Å². The van der Waals surface area contributed by atoms with Crippen molar-refractivity contribution in [1.29, 1.82) is 0 Å². The van der Waals surface area contributed by atoms with Crippen LogP contribution in [0.3, 0.4) is 0 Å². The van der Waals surface area contributed by atoms with E-state index in [4.69, 9.17) is 14.2 Å². The third-order valence-electron chi connectivity index (χ3n) is 5.54. The molecule has 186 valence electrons. The molecule has 0 aromatic heterocycles. The molecule has 1 aromatic rings. The van der Waals surface area contributed by atoms with Gasteiger partial charge in [0.1, 0.15) is 5.82 Å². The van der Waals surface area contributed by atoms with Gasteiger partial charge in [0.05, 0.1) is 18.3 Å². The molecule has 3 nitrogen and oxygen atoms in total. The number of aryl methyl sites for hydroxylation is 1. The quantitative estimate of drug-likeness (QED) is 0.165. The van der Waals surface area contributed by atoms with Crippen LogP contribution in [0.25, 0.3) is 0 Å². The molecule has 0 heterocycles. The van der Waals surface area contributed by atoms with Crippen molar-refractivity contribution in [3.63, 3.8) is 0 Å². The molecule has 0 radical (unpaired) electrons. The summed E-state index contributed by atoms with van der Waals surface area (Å²) in [6.45, 7) is 14.5. The minimum absolute atomic E-state index is 0.00310. The van der Waals surface area contributed by atoms with E-state index in [0.29, 0.717) is 0 Å². The van der Waals surface area contributed by atoms with E-state index < -0.39 is 5.97 Å². The summed E-state index contributed by atoms with van der Waals surface area (Å²) in [5, 5.41) is 0. The number of hydrogen-bond acceptors (Lipinski definition) is 3. The largest absolute Gasteiger partial charge is 0.324 e. The number of halogens is 1. The van der Waals surface area contributed by atoms with Gasteiger partial charge in [-0.2, -0.15) is 0 Å². The molecular formula is C28H49FO3. The van der Waals surface area contributed by atoms with Crippen molar-refractivity contribution in [3.05, 3.63) is 35.6 Å². The standard InChI is InChI=1S/C28H49FO3/c1-8-9-10-11-12-13-16-26(17-14-15-25-18-20-27(29)21-19-25)28(30-22(2)3,31-23(4)5)32-24(6)7/h18-24,26H,8-17H2,1-7H3. The lowest BCUT2D eigenvalue weighted by Crippen LogP contribution is -2.51. The van der Waals surface area contributed by atoms with E-state index in [2.05, 4.69) is 6.92 Å². The molecule has 0 aliphatic carbocycles. The van der Waals surface area contributed by atoms with Gasteiger partial charge in [0, 0.05) is 5.92 Å². The number of hydrogen-bond donors (Lipinski definition) is 0. The van der Waals surface area contributed by atoms with Crippen LogP contribution < -0.4 is 0 Å². The Bertz CT molecular complexity index is 556. The fourth-order valence-electron chi connectivity index (χ4n) is 4.23. The van der Waals surface area contributed by atoms with Gasteiger partial charge in [-0.3, -0.25) is 0 Å². The predicted molar refractivity (Wildman–Crippen MR) is 132 cm³/mol. The van der Waals surface area contributed by atoms with E-state index in [1.54, 1.807) is 12.1 Å². The lowest BCUT2D eigenvalue weighted by atomic mass is 9.91. The summed E-state index contributed by atoms with van der Waals surface area (Å²) in [5.74, 6) is -1.08. The smallest absolute Gasteiger partial charge is 0.286 e. The van der Waals surface area contributed by atoms with E-state index in [0.717, 1.165) is 37.7 Å². The van der Waals surface area contributed by atoms with Crippen molar-refractivity contribution in [2.75, 3.05) is 0 Å². The first-order valence-corrected chi connectivity index (χ1v) is 13.0. The van der Waals surface area contributed by atoms with Gasteiger partial charge in [0.2, 0.25) is 0 Å². The van der Waals surface area contributed by atoms with Crippen molar-refractivity contribution in [2.24, 2.45) is 5.92 Å². The lowest BCUT2D eigenvalue weighted by Gasteiger charge is -2.43. The van der Waals surface area contributed by atoms with E-state index in [9.17, 15) is 4.39 Å². The van der Waals surface area contributed by atoms with Gasteiger partial charge >= 0.3 is 0 Å². The first-order valence-electron chi connectivity index (χ1n) is 13.0. The zero-order valence-corrected chi connectivity index (χ0v) is 21.8. The van der Waals surface area contributed by atoms with Crippen LogP contribution in [0.15, 0.2) is 24.3 Å². The second-order valence-electron chi connectivity index (χ2n) is 9.88. The first kappa shape index (κ1) is 29.1. The lowest BCUT2D eigenvalue weighted by molar-refractivity contribution is -0.433. The fraction of sp³-hybridized carbons (Fsp3) is 0.786. The summed E-state index contributed by atoms with van der Waals surface area (Å²) in [5.41, 5.74) is 1.16. The molecule has 0 bridgehead atoms. The molecule has 0 aliphatic heterocycles. The summed E-state index contributed by atoms with van der Waals surface area (Å²) >= 11 is 0. The summed E-state index contributed by atoms with van der Waals surface area (Å²) in [6, 6.07) is 6.84. The van der Waals surface area contributed by atoms with Gasteiger partial charge in [-0.15, -0.1) is 0 Å². The van der Waals surface area contributed by atoms with Crippen LogP contribution in [0.4, 0.5) is 4.39 Å². The maximum absolute atomic E-state index is 13.3. The molecular weight excluding hydrogens is 403 g/mol. The summed E-state index contributed by atoms with van der Waals surface area (Å²) in [7, 11) is 0. The number of ether oxygens (including phenoxy) is 3. The Labute approximate surface area is 197 Å². The van der Waals surface area contributed by atoms with Crippen molar-refractivity contribution < 1.29 is 18.6 Å². The third-order valence-corrected chi connectivity index (χ3v) is 5.54. The normalized spacial score (nSPS) is 13.5. The highest BCUT2D eigenvalue weighted by Gasteiger charge is 2.44. The van der Waals surface area contributed by atoms with E-state index in [1.165, 1.54) is 32.1 Å². The van der Waals surface area contributed by atoms with E-state index >= 15 is 0 Å². The molecule has 0 saturated heterocycles. The van der Waals surface area contributed by atoms with Gasteiger partial charge in [-0.05, 0) is 84.9 Å². The Morgan fingerprint density at radius 3 is 1.66 bits per heavy atom. The monoisotopic (exact) mass is 452 g/mol. The van der Waals surface area contributed by atoms with Crippen LogP contribution in [-0.4, -0.2) is 24.3 Å². The minimum Gasteiger partial charge on any atom is -0.324 e. The third kappa shape index (κ3) is 11.8. The molecule has 1 aromatic carbocycles. The SMILES string of the molecule is CCCCCCCCC(CCCc1ccc(F)cc1)C(OC(C)C)(OC(C)C)OC(C)C. The maximum atomic E-state index is 13.3. The Morgan fingerprint density at radius 2 is 1.16 bits per heavy atom. The average molecular weight is 453 g/mol. The predicted octanol–water partition coefficient (Wildman–Crippen LogP) is 8.44. The molecule has 1 rings (SSSR count). The van der Waals surface area contributed by atoms with Crippen LogP contribution in [0, 0.1) is 11.7 Å². The number of unbranched alkanes of at least 4 members (excludes halogenated alkanes) is 5. The summed E-state index contributed by atoms with van der Waals surface area (Å²) in [6.07, 6.45) is 11.4. The number of rotatable bonds is 18. The first-order chi connectivity index (χ1) is 15.2. The zero-order chi connectivity index (χ0) is 24.0. The molecule has 0 amide bonds. The Hall–Kier alpha value is -0.970. The van der Waals surface area contributed by atoms with Gasteiger partial charge in [-0.25, -0.2) is 4.39 Å². The molecule has 0 saturated carbocycles. The highest BCUT2D eigenvalue weighted by atomic mass is 19.1. The Morgan fingerprint density at radius 1 is 0.688 bits per heavy atom. The van der Waals surface area contributed by atoms with E-state index in [-0.39, 0.29) is 30.0 Å². The molecule has 1 unspecified atom stereocenters. The van der Waals surface area contributed by atoms with Crippen molar-refractivity contribution >= 4 is 0 Å². The summed E-state index contributed by atoms with van der Waals surface area (Å²) < 4.78 is 32.6.